The third-order valence-corrected chi connectivity index (χ3v) is 5.04. The van der Waals surface area contributed by atoms with E-state index in [1.54, 1.807) is 12.6 Å². The first-order valence-electron chi connectivity index (χ1n) is 8.36. The van der Waals surface area contributed by atoms with Gasteiger partial charge in [-0.05, 0) is 17.8 Å². The number of nitrogens with zero attached hydrogens (tertiary/aromatic N) is 5. The van der Waals surface area contributed by atoms with Gasteiger partial charge in [0.05, 0.1) is 6.20 Å². The summed E-state index contributed by atoms with van der Waals surface area (Å²) < 4.78 is 4.93. The Morgan fingerprint density at radius 1 is 1.17 bits per heavy atom. The van der Waals surface area contributed by atoms with Crippen molar-refractivity contribution in [1.82, 2.24) is 20.0 Å². The lowest BCUT2D eigenvalue weighted by atomic mass is 10.0. The fourth-order valence-electron chi connectivity index (χ4n) is 3.82. The van der Waals surface area contributed by atoms with Crippen LogP contribution in [0.15, 0.2) is 29.4 Å². The molecule has 0 amide bonds. The molecule has 2 aliphatic rings. The monoisotopic (exact) mass is 313 g/mol. The average Bonchev–Trinajstić information content (AvgIpc) is 3.24. The standard InChI is InChI=1S/C17H23N5O/c1-12(2)16-3-17(19-11-18-16)22-8-14-6-21(7-15(14)9-22)5-13-4-20-23-10-13/h3-4,10-12,14-15H,5-9H2,1-2H3. The second-order valence-electron chi connectivity index (χ2n) is 7.11. The van der Waals surface area contributed by atoms with Crippen LogP contribution < -0.4 is 4.90 Å². The molecule has 2 unspecified atom stereocenters. The molecule has 122 valence electrons. The fourth-order valence-corrected chi connectivity index (χ4v) is 3.82. The zero-order valence-corrected chi connectivity index (χ0v) is 13.7. The van der Waals surface area contributed by atoms with E-state index in [0.717, 1.165) is 56.1 Å². The highest BCUT2D eigenvalue weighted by Gasteiger charge is 2.40. The van der Waals surface area contributed by atoms with E-state index < -0.39 is 0 Å². The minimum atomic E-state index is 0.443. The minimum Gasteiger partial charge on any atom is -0.364 e. The Labute approximate surface area is 136 Å². The van der Waals surface area contributed by atoms with Gasteiger partial charge in [0.1, 0.15) is 18.4 Å². The van der Waals surface area contributed by atoms with Gasteiger partial charge in [-0.2, -0.15) is 0 Å². The molecule has 2 aliphatic heterocycles. The summed E-state index contributed by atoms with van der Waals surface area (Å²) in [7, 11) is 0. The van der Waals surface area contributed by atoms with Crippen LogP contribution in [0.5, 0.6) is 0 Å². The van der Waals surface area contributed by atoms with Gasteiger partial charge in [0, 0.05) is 50.0 Å². The summed E-state index contributed by atoms with van der Waals surface area (Å²) in [6.45, 7) is 9.78. The number of rotatable bonds is 4. The van der Waals surface area contributed by atoms with Gasteiger partial charge in [-0.3, -0.25) is 4.90 Å². The molecule has 4 rings (SSSR count). The first kappa shape index (κ1) is 14.6. The summed E-state index contributed by atoms with van der Waals surface area (Å²) in [5.41, 5.74) is 2.29. The van der Waals surface area contributed by atoms with Gasteiger partial charge in [0.25, 0.3) is 0 Å². The van der Waals surface area contributed by atoms with Crippen molar-refractivity contribution in [1.29, 1.82) is 0 Å². The lowest BCUT2D eigenvalue weighted by Gasteiger charge is -2.22. The molecule has 0 aliphatic carbocycles. The molecule has 2 aromatic heterocycles. The Morgan fingerprint density at radius 2 is 1.96 bits per heavy atom. The second-order valence-corrected chi connectivity index (χ2v) is 7.11. The summed E-state index contributed by atoms with van der Waals surface area (Å²) in [5, 5.41) is 3.79. The third kappa shape index (κ3) is 2.95. The van der Waals surface area contributed by atoms with Crippen LogP contribution in [0.1, 0.15) is 31.0 Å². The van der Waals surface area contributed by atoms with Crippen molar-refractivity contribution in [2.45, 2.75) is 26.3 Å². The average molecular weight is 313 g/mol. The zero-order chi connectivity index (χ0) is 15.8. The van der Waals surface area contributed by atoms with Gasteiger partial charge in [0.2, 0.25) is 0 Å². The number of anilines is 1. The molecule has 0 aromatic carbocycles. The van der Waals surface area contributed by atoms with E-state index >= 15 is 0 Å². The van der Waals surface area contributed by atoms with Gasteiger partial charge in [-0.15, -0.1) is 0 Å². The molecule has 2 saturated heterocycles. The van der Waals surface area contributed by atoms with Crippen LogP contribution in [0, 0.1) is 11.8 Å². The number of hydrogen-bond acceptors (Lipinski definition) is 6. The molecule has 4 heterocycles. The van der Waals surface area contributed by atoms with E-state index in [-0.39, 0.29) is 0 Å². The molecule has 0 radical (unpaired) electrons. The van der Waals surface area contributed by atoms with Crippen molar-refractivity contribution in [2.75, 3.05) is 31.1 Å². The highest BCUT2D eigenvalue weighted by Crippen LogP contribution is 2.34. The Hall–Kier alpha value is -1.95. The van der Waals surface area contributed by atoms with Crippen molar-refractivity contribution < 1.29 is 4.52 Å². The van der Waals surface area contributed by atoms with E-state index in [0.29, 0.717) is 5.92 Å². The van der Waals surface area contributed by atoms with Crippen molar-refractivity contribution in [3.05, 3.63) is 36.1 Å². The highest BCUT2D eigenvalue weighted by atomic mass is 16.5. The minimum absolute atomic E-state index is 0.443. The van der Waals surface area contributed by atoms with Crippen molar-refractivity contribution >= 4 is 5.82 Å². The molecule has 23 heavy (non-hydrogen) atoms. The first-order chi connectivity index (χ1) is 11.2. The number of aromatic nitrogens is 3. The lowest BCUT2D eigenvalue weighted by Crippen LogP contribution is -2.29. The molecule has 2 atom stereocenters. The molecule has 0 spiro atoms. The smallest absolute Gasteiger partial charge is 0.132 e. The topological polar surface area (TPSA) is 58.3 Å². The summed E-state index contributed by atoms with van der Waals surface area (Å²) in [5.74, 6) is 2.99. The maximum atomic E-state index is 4.93. The summed E-state index contributed by atoms with van der Waals surface area (Å²) in [4.78, 5) is 13.8. The van der Waals surface area contributed by atoms with Gasteiger partial charge in [0.15, 0.2) is 0 Å². The Balaban J connectivity index is 1.39. The van der Waals surface area contributed by atoms with Gasteiger partial charge in [-0.1, -0.05) is 19.0 Å². The third-order valence-electron chi connectivity index (χ3n) is 5.04. The quantitative estimate of drug-likeness (QED) is 0.862. The predicted molar refractivity (Wildman–Crippen MR) is 87.1 cm³/mol. The maximum absolute atomic E-state index is 4.93. The molecule has 2 fully saturated rings. The normalized spacial score (nSPS) is 24.6. The molecule has 0 saturated carbocycles. The van der Waals surface area contributed by atoms with Crippen LogP contribution in [-0.2, 0) is 6.54 Å². The predicted octanol–water partition coefficient (Wildman–Crippen LogP) is 2.16. The van der Waals surface area contributed by atoms with Crippen molar-refractivity contribution in [3.63, 3.8) is 0 Å². The van der Waals surface area contributed by atoms with E-state index in [2.05, 4.69) is 44.8 Å². The molecule has 6 nitrogen and oxygen atoms in total. The molecule has 0 bridgehead atoms. The summed E-state index contributed by atoms with van der Waals surface area (Å²) >= 11 is 0. The highest BCUT2D eigenvalue weighted by molar-refractivity contribution is 5.41. The van der Waals surface area contributed by atoms with Crippen molar-refractivity contribution in [2.24, 2.45) is 11.8 Å². The number of hydrogen-bond donors (Lipinski definition) is 0. The van der Waals surface area contributed by atoms with Crippen LogP contribution in [0.2, 0.25) is 0 Å². The molecule has 0 N–H and O–H groups in total. The van der Waals surface area contributed by atoms with E-state index in [1.165, 1.54) is 5.56 Å². The molecule has 2 aromatic rings. The Morgan fingerprint density at radius 3 is 2.61 bits per heavy atom. The first-order valence-corrected chi connectivity index (χ1v) is 8.36. The van der Waals surface area contributed by atoms with E-state index in [4.69, 9.17) is 4.52 Å². The zero-order valence-electron chi connectivity index (χ0n) is 13.7. The van der Waals surface area contributed by atoms with Crippen molar-refractivity contribution in [3.8, 4) is 0 Å². The van der Waals surface area contributed by atoms with Gasteiger partial charge in [-0.25, -0.2) is 9.97 Å². The fraction of sp³-hybridized carbons (Fsp3) is 0.588. The summed E-state index contributed by atoms with van der Waals surface area (Å²) in [6, 6.07) is 2.15. The number of likely N-dealkylation sites (tertiary alicyclic amines) is 1. The van der Waals surface area contributed by atoms with Crippen LogP contribution in [0.4, 0.5) is 5.82 Å². The SMILES string of the molecule is CC(C)c1cc(N2CC3CN(Cc4cnoc4)CC3C2)ncn1. The van der Waals surface area contributed by atoms with Crippen LogP contribution >= 0.6 is 0 Å². The van der Waals surface area contributed by atoms with Crippen LogP contribution in [-0.4, -0.2) is 46.2 Å². The molecular weight excluding hydrogens is 290 g/mol. The van der Waals surface area contributed by atoms with Gasteiger partial charge >= 0.3 is 0 Å². The largest absolute Gasteiger partial charge is 0.364 e. The Bertz CT molecular complexity index is 643. The molecular formula is C17H23N5O. The van der Waals surface area contributed by atoms with E-state index in [9.17, 15) is 0 Å². The van der Waals surface area contributed by atoms with E-state index in [1.807, 2.05) is 6.20 Å². The summed E-state index contributed by atoms with van der Waals surface area (Å²) in [6.07, 6.45) is 5.26. The molecule has 6 heteroatoms. The second kappa shape index (κ2) is 5.92. The maximum Gasteiger partial charge on any atom is 0.132 e. The van der Waals surface area contributed by atoms with Crippen LogP contribution in [0.25, 0.3) is 0 Å². The number of fused-ring (bicyclic) bond motifs is 1. The Kier molecular flexibility index (Phi) is 3.77. The van der Waals surface area contributed by atoms with Crippen LogP contribution in [0.3, 0.4) is 0 Å². The lowest BCUT2D eigenvalue weighted by molar-refractivity contribution is 0.307. The van der Waals surface area contributed by atoms with Gasteiger partial charge < -0.3 is 9.42 Å².